The predicted molar refractivity (Wildman–Crippen MR) is 81.1 cm³/mol. The molecule has 19 heavy (non-hydrogen) atoms. The van der Waals surface area contributed by atoms with E-state index in [1.807, 2.05) is 30.3 Å². The molecule has 0 fully saturated rings. The van der Waals surface area contributed by atoms with Crippen LogP contribution in [0.4, 0.5) is 5.69 Å². The van der Waals surface area contributed by atoms with Gasteiger partial charge in [-0.2, -0.15) is 0 Å². The van der Waals surface area contributed by atoms with Crippen molar-refractivity contribution in [2.75, 3.05) is 5.73 Å². The molecule has 0 atom stereocenters. The quantitative estimate of drug-likeness (QED) is 0.704. The first-order valence-corrected chi connectivity index (χ1v) is 6.38. The lowest BCUT2D eigenvalue weighted by Crippen LogP contribution is -1.94. The molecule has 0 aliphatic rings. The molecule has 0 aliphatic heterocycles. The molecule has 0 amide bonds. The van der Waals surface area contributed by atoms with Crippen molar-refractivity contribution >= 4 is 16.6 Å². The van der Waals surface area contributed by atoms with Crippen LogP contribution >= 0.6 is 0 Å². The molecule has 0 spiro atoms. The monoisotopic (exact) mass is 248 g/mol. The standard InChI is InChI=1S/C17H16N2/c1-11-7-8-13(12(2)9-11)17-10-15(18)14-5-3-4-6-16(14)19-17/h3-10H,1-2H3,(H2,18,19). The second-order valence-corrected chi connectivity index (χ2v) is 4.93. The maximum Gasteiger partial charge on any atom is 0.0732 e. The molecule has 2 nitrogen and oxygen atoms in total. The summed E-state index contributed by atoms with van der Waals surface area (Å²) in [5, 5.41) is 1.01. The van der Waals surface area contributed by atoms with Crippen LogP contribution in [0.5, 0.6) is 0 Å². The third kappa shape index (κ3) is 2.06. The van der Waals surface area contributed by atoms with Crippen molar-refractivity contribution in [1.29, 1.82) is 0 Å². The number of para-hydroxylation sites is 1. The molecular weight excluding hydrogens is 232 g/mol. The van der Waals surface area contributed by atoms with Gasteiger partial charge in [-0.1, -0.05) is 42.0 Å². The summed E-state index contributed by atoms with van der Waals surface area (Å²) in [5.41, 5.74) is 12.4. The second-order valence-electron chi connectivity index (χ2n) is 4.93. The number of hydrogen-bond donors (Lipinski definition) is 1. The van der Waals surface area contributed by atoms with Crippen molar-refractivity contribution in [1.82, 2.24) is 4.98 Å². The smallest absolute Gasteiger partial charge is 0.0732 e. The van der Waals surface area contributed by atoms with Gasteiger partial charge in [-0.05, 0) is 31.5 Å². The highest BCUT2D eigenvalue weighted by atomic mass is 14.7. The Hall–Kier alpha value is -2.35. The number of aromatic nitrogens is 1. The lowest BCUT2D eigenvalue weighted by molar-refractivity contribution is 1.33. The van der Waals surface area contributed by atoms with Gasteiger partial charge in [0.05, 0.1) is 11.2 Å². The van der Waals surface area contributed by atoms with Gasteiger partial charge in [0.2, 0.25) is 0 Å². The summed E-state index contributed by atoms with van der Waals surface area (Å²) in [6, 6.07) is 16.3. The van der Waals surface area contributed by atoms with E-state index in [0.717, 1.165) is 27.8 Å². The van der Waals surface area contributed by atoms with Gasteiger partial charge in [0.15, 0.2) is 0 Å². The lowest BCUT2D eigenvalue weighted by atomic mass is 10.0. The number of rotatable bonds is 1. The first-order chi connectivity index (χ1) is 9.15. The van der Waals surface area contributed by atoms with Gasteiger partial charge in [0, 0.05) is 16.6 Å². The van der Waals surface area contributed by atoms with Gasteiger partial charge in [-0.25, -0.2) is 4.98 Å². The molecule has 2 aromatic carbocycles. The van der Waals surface area contributed by atoms with Crippen LogP contribution in [0.3, 0.4) is 0 Å². The van der Waals surface area contributed by atoms with E-state index < -0.39 is 0 Å². The van der Waals surface area contributed by atoms with E-state index >= 15 is 0 Å². The summed E-state index contributed by atoms with van der Waals surface area (Å²) in [6.07, 6.45) is 0. The van der Waals surface area contributed by atoms with E-state index in [1.165, 1.54) is 11.1 Å². The predicted octanol–water partition coefficient (Wildman–Crippen LogP) is 4.10. The Labute approximate surface area is 112 Å². The Bertz CT molecular complexity index is 760. The number of benzene rings is 2. The number of anilines is 1. The van der Waals surface area contributed by atoms with Gasteiger partial charge in [-0.15, -0.1) is 0 Å². The minimum absolute atomic E-state index is 0.778. The number of nitrogens with two attached hydrogens (primary N) is 1. The van der Waals surface area contributed by atoms with Crippen molar-refractivity contribution < 1.29 is 0 Å². The normalized spacial score (nSPS) is 10.8. The molecule has 0 aliphatic carbocycles. The molecule has 2 heteroatoms. The number of nitrogen functional groups attached to an aromatic ring is 1. The Morgan fingerprint density at radius 1 is 0.947 bits per heavy atom. The third-order valence-electron chi connectivity index (χ3n) is 3.41. The van der Waals surface area contributed by atoms with Crippen LogP contribution in [0.15, 0.2) is 48.5 Å². The first kappa shape index (κ1) is 11.7. The van der Waals surface area contributed by atoms with E-state index in [-0.39, 0.29) is 0 Å². The number of hydrogen-bond acceptors (Lipinski definition) is 2. The molecule has 0 bridgehead atoms. The largest absolute Gasteiger partial charge is 0.398 e. The van der Waals surface area contributed by atoms with Crippen molar-refractivity contribution in [2.45, 2.75) is 13.8 Å². The van der Waals surface area contributed by atoms with Gasteiger partial charge in [0.25, 0.3) is 0 Å². The van der Waals surface area contributed by atoms with Crippen LogP contribution in [0.2, 0.25) is 0 Å². The van der Waals surface area contributed by atoms with Crippen molar-refractivity contribution in [3.63, 3.8) is 0 Å². The Morgan fingerprint density at radius 3 is 2.53 bits per heavy atom. The summed E-state index contributed by atoms with van der Waals surface area (Å²) in [4.78, 5) is 4.72. The molecule has 0 saturated heterocycles. The topological polar surface area (TPSA) is 38.9 Å². The van der Waals surface area contributed by atoms with Crippen LogP contribution in [0.1, 0.15) is 11.1 Å². The first-order valence-electron chi connectivity index (χ1n) is 6.38. The van der Waals surface area contributed by atoms with E-state index in [4.69, 9.17) is 10.7 Å². The van der Waals surface area contributed by atoms with Gasteiger partial charge >= 0.3 is 0 Å². The SMILES string of the molecule is Cc1ccc(-c2cc(N)c3ccccc3n2)c(C)c1. The molecule has 0 unspecified atom stereocenters. The highest BCUT2D eigenvalue weighted by Gasteiger charge is 2.07. The van der Waals surface area contributed by atoms with Crippen molar-refractivity contribution in [3.05, 3.63) is 59.7 Å². The Balaban J connectivity index is 2.25. The Morgan fingerprint density at radius 2 is 1.74 bits per heavy atom. The van der Waals surface area contributed by atoms with E-state index in [9.17, 15) is 0 Å². The zero-order valence-electron chi connectivity index (χ0n) is 11.1. The lowest BCUT2D eigenvalue weighted by Gasteiger charge is -2.09. The average Bonchev–Trinajstić information content (AvgIpc) is 2.38. The maximum atomic E-state index is 6.13. The number of nitrogens with zero attached hydrogens (tertiary/aromatic N) is 1. The molecule has 0 saturated carbocycles. The minimum Gasteiger partial charge on any atom is -0.398 e. The fraction of sp³-hybridized carbons (Fsp3) is 0.118. The summed E-state index contributed by atoms with van der Waals surface area (Å²) >= 11 is 0. The Kier molecular flexibility index (Phi) is 2.71. The van der Waals surface area contributed by atoms with Crippen molar-refractivity contribution in [3.8, 4) is 11.3 Å². The number of fused-ring (bicyclic) bond motifs is 1. The van der Waals surface area contributed by atoms with E-state index in [2.05, 4.69) is 32.0 Å². The van der Waals surface area contributed by atoms with Crippen molar-refractivity contribution in [2.24, 2.45) is 0 Å². The fourth-order valence-corrected chi connectivity index (χ4v) is 2.44. The maximum absolute atomic E-state index is 6.13. The zero-order valence-corrected chi connectivity index (χ0v) is 11.1. The highest BCUT2D eigenvalue weighted by Crippen LogP contribution is 2.28. The highest BCUT2D eigenvalue weighted by molar-refractivity contribution is 5.92. The zero-order chi connectivity index (χ0) is 13.4. The second kappa shape index (κ2) is 4.39. The molecule has 3 rings (SSSR count). The summed E-state index contributed by atoms with van der Waals surface area (Å²) < 4.78 is 0. The van der Waals surface area contributed by atoms with Crippen LogP contribution in [-0.4, -0.2) is 4.98 Å². The summed E-state index contributed by atoms with van der Waals surface area (Å²) in [5.74, 6) is 0. The van der Waals surface area contributed by atoms with Crippen LogP contribution in [0.25, 0.3) is 22.2 Å². The average molecular weight is 248 g/mol. The van der Waals surface area contributed by atoms with Crippen LogP contribution < -0.4 is 5.73 Å². The summed E-state index contributed by atoms with van der Waals surface area (Å²) in [7, 11) is 0. The van der Waals surface area contributed by atoms with Crippen LogP contribution in [-0.2, 0) is 0 Å². The molecule has 1 aromatic heterocycles. The molecule has 2 N–H and O–H groups in total. The number of aryl methyl sites for hydroxylation is 2. The van der Waals surface area contributed by atoms with E-state index in [1.54, 1.807) is 0 Å². The molecule has 94 valence electrons. The third-order valence-corrected chi connectivity index (χ3v) is 3.41. The van der Waals surface area contributed by atoms with Crippen LogP contribution in [0, 0.1) is 13.8 Å². The molecule has 3 aromatic rings. The van der Waals surface area contributed by atoms with Gasteiger partial charge in [0.1, 0.15) is 0 Å². The fourth-order valence-electron chi connectivity index (χ4n) is 2.44. The van der Waals surface area contributed by atoms with Gasteiger partial charge < -0.3 is 5.73 Å². The molecular formula is C17H16N2. The molecule has 1 heterocycles. The minimum atomic E-state index is 0.778. The molecule has 0 radical (unpaired) electrons. The van der Waals surface area contributed by atoms with Gasteiger partial charge in [-0.3, -0.25) is 0 Å². The number of pyridine rings is 1. The summed E-state index contributed by atoms with van der Waals surface area (Å²) in [6.45, 7) is 4.20. The van der Waals surface area contributed by atoms with E-state index in [0.29, 0.717) is 0 Å².